The molecular weight excluding hydrogens is 268 g/mol. The van der Waals surface area contributed by atoms with E-state index < -0.39 is 11.9 Å². The van der Waals surface area contributed by atoms with Gasteiger partial charge in [0.1, 0.15) is 0 Å². The summed E-state index contributed by atoms with van der Waals surface area (Å²) in [5.41, 5.74) is 4.83. The molecule has 5 heteroatoms. The number of aromatic nitrogens is 1. The standard InChI is InChI=1S/C16H16N2O2.H2O/c1-18-8-10(16(19)20)5-12-11-3-2-4-13-15(11)9(7-17-13)6-14(12)18;/h2-5,7,10,14,17H,6,8H2,1H3,(H,19,20);1H2/t10-,14+;/m0./s1. The van der Waals surface area contributed by atoms with Gasteiger partial charge in [-0.05, 0) is 36.2 Å². The van der Waals surface area contributed by atoms with Crippen molar-refractivity contribution in [2.24, 2.45) is 5.92 Å². The van der Waals surface area contributed by atoms with Gasteiger partial charge in [-0.25, -0.2) is 0 Å². The molecule has 2 aromatic rings. The van der Waals surface area contributed by atoms with E-state index in [1.54, 1.807) is 0 Å². The lowest BCUT2D eigenvalue weighted by Gasteiger charge is -2.38. The van der Waals surface area contributed by atoms with Crippen LogP contribution in [0.2, 0.25) is 0 Å². The maximum absolute atomic E-state index is 11.3. The van der Waals surface area contributed by atoms with Crippen LogP contribution in [0.1, 0.15) is 11.1 Å². The molecule has 5 nitrogen and oxygen atoms in total. The van der Waals surface area contributed by atoms with Crippen molar-refractivity contribution in [1.29, 1.82) is 0 Å². The molecule has 4 N–H and O–H groups in total. The van der Waals surface area contributed by atoms with Gasteiger partial charge in [0.15, 0.2) is 0 Å². The molecule has 1 aliphatic heterocycles. The summed E-state index contributed by atoms with van der Waals surface area (Å²) >= 11 is 0. The fourth-order valence-electron chi connectivity index (χ4n) is 3.61. The fraction of sp³-hybridized carbons (Fsp3) is 0.312. The Morgan fingerprint density at radius 2 is 2.24 bits per heavy atom. The minimum absolute atomic E-state index is 0. The first kappa shape index (κ1) is 13.9. The minimum atomic E-state index is -0.741. The maximum Gasteiger partial charge on any atom is 0.311 e. The van der Waals surface area contributed by atoms with Gasteiger partial charge < -0.3 is 15.6 Å². The molecule has 2 atom stereocenters. The van der Waals surface area contributed by atoms with E-state index in [4.69, 9.17) is 0 Å². The van der Waals surface area contributed by atoms with E-state index in [1.807, 2.05) is 19.2 Å². The number of H-pyrrole nitrogens is 1. The third-order valence-electron chi connectivity index (χ3n) is 4.59. The highest BCUT2D eigenvalue weighted by molar-refractivity contribution is 5.99. The van der Waals surface area contributed by atoms with Crippen molar-refractivity contribution < 1.29 is 15.4 Å². The lowest BCUT2D eigenvalue weighted by atomic mass is 9.80. The van der Waals surface area contributed by atoms with E-state index in [9.17, 15) is 9.90 Å². The Morgan fingerprint density at radius 1 is 1.43 bits per heavy atom. The van der Waals surface area contributed by atoms with Gasteiger partial charge >= 0.3 is 5.97 Å². The molecule has 110 valence electrons. The number of hydrogen-bond donors (Lipinski definition) is 2. The number of rotatable bonds is 1. The van der Waals surface area contributed by atoms with Crippen molar-refractivity contribution in [3.8, 4) is 0 Å². The Kier molecular flexibility index (Phi) is 3.11. The summed E-state index contributed by atoms with van der Waals surface area (Å²) in [7, 11) is 2.02. The second-order valence-corrected chi connectivity index (χ2v) is 5.77. The van der Waals surface area contributed by atoms with Crippen molar-refractivity contribution in [2.45, 2.75) is 12.5 Å². The number of aliphatic carboxylic acids is 1. The zero-order valence-corrected chi connectivity index (χ0v) is 11.8. The number of nitrogens with zero attached hydrogens (tertiary/aromatic N) is 1. The van der Waals surface area contributed by atoms with Crippen molar-refractivity contribution in [3.05, 3.63) is 41.6 Å². The monoisotopic (exact) mass is 286 g/mol. The molecule has 0 unspecified atom stereocenters. The lowest BCUT2D eigenvalue weighted by molar-refractivity contribution is -0.140. The van der Waals surface area contributed by atoms with E-state index in [2.05, 4.69) is 28.2 Å². The molecule has 0 radical (unpaired) electrons. The van der Waals surface area contributed by atoms with Crippen LogP contribution in [0.4, 0.5) is 0 Å². The molecule has 0 saturated heterocycles. The molecule has 21 heavy (non-hydrogen) atoms. The Hall–Kier alpha value is -2.11. The number of hydrogen-bond acceptors (Lipinski definition) is 2. The number of carboxylic acid groups (broad SMARTS) is 1. The van der Waals surface area contributed by atoms with Crippen molar-refractivity contribution in [2.75, 3.05) is 13.6 Å². The number of aromatic amines is 1. The highest BCUT2D eigenvalue weighted by atomic mass is 16.4. The Balaban J connectivity index is 0.00000132. The van der Waals surface area contributed by atoms with Crippen LogP contribution in [0.25, 0.3) is 16.5 Å². The molecule has 0 amide bonds. The highest BCUT2D eigenvalue weighted by Crippen LogP contribution is 2.40. The summed E-state index contributed by atoms with van der Waals surface area (Å²) in [6.45, 7) is 0.583. The zero-order chi connectivity index (χ0) is 13.9. The smallest absolute Gasteiger partial charge is 0.311 e. The second-order valence-electron chi connectivity index (χ2n) is 5.77. The van der Waals surface area contributed by atoms with Gasteiger partial charge in [-0.15, -0.1) is 0 Å². The molecule has 1 aromatic carbocycles. The normalized spacial score (nSPS) is 24.1. The SMILES string of the molecule is CN1C[C@@H](C(=O)O)C=C2c3cccc4[nH]cc(c34)C[C@H]21.O. The van der Waals surface area contributed by atoms with Crippen molar-refractivity contribution in [3.63, 3.8) is 0 Å². The predicted octanol–water partition coefficient (Wildman–Crippen LogP) is 1.30. The average molecular weight is 286 g/mol. The van der Waals surface area contributed by atoms with E-state index >= 15 is 0 Å². The van der Waals surface area contributed by atoms with Crippen molar-refractivity contribution in [1.82, 2.24) is 9.88 Å². The molecule has 1 aromatic heterocycles. The van der Waals surface area contributed by atoms with Gasteiger partial charge in [0.2, 0.25) is 0 Å². The highest BCUT2D eigenvalue weighted by Gasteiger charge is 2.35. The van der Waals surface area contributed by atoms with E-state index in [1.165, 1.54) is 22.1 Å². The molecule has 2 aliphatic rings. The van der Waals surface area contributed by atoms with Gasteiger partial charge in [-0.1, -0.05) is 18.2 Å². The molecule has 0 fully saturated rings. The number of likely N-dealkylation sites (N-methyl/N-ethyl adjacent to an activating group) is 1. The molecule has 2 heterocycles. The van der Waals surface area contributed by atoms with Crippen LogP contribution < -0.4 is 0 Å². The molecule has 0 bridgehead atoms. The zero-order valence-electron chi connectivity index (χ0n) is 11.8. The Morgan fingerprint density at radius 3 is 3.00 bits per heavy atom. The van der Waals surface area contributed by atoms with Crippen LogP contribution in [0.3, 0.4) is 0 Å². The molecule has 1 aliphatic carbocycles. The first-order valence-corrected chi connectivity index (χ1v) is 6.89. The number of carboxylic acids is 1. The van der Waals surface area contributed by atoms with Gasteiger partial charge in [0, 0.05) is 29.7 Å². The fourth-order valence-corrected chi connectivity index (χ4v) is 3.61. The number of fused-ring (bicyclic) bond motifs is 2. The Bertz CT molecular complexity index is 747. The van der Waals surface area contributed by atoms with Crippen LogP contribution in [0, 0.1) is 5.92 Å². The third kappa shape index (κ3) is 1.89. The van der Waals surface area contributed by atoms with Gasteiger partial charge in [0.05, 0.1) is 5.92 Å². The summed E-state index contributed by atoms with van der Waals surface area (Å²) < 4.78 is 0. The Labute approximate surface area is 122 Å². The van der Waals surface area contributed by atoms with Crippen LogP contribution in [0.5, 0.6) is 0 Å². The largest absolute Gasteiger partial charge is 0.481 e. The van der Waals surface area contributed by atoms with E-state index in [0.717, 1.165) is 11.9 Å². The van der Waals surface area contributed by atoms with Gasteiger partial charge in [0.25, 0.3) is 0 Å². The first-order chi connectivity index (χ1) is 9.65. The lowest BCUT2D eigenvalue weighted by Crippen LogP contribution is -2.44. The van der Waals surface area contributed by atoms with Gasteiger partial charge in [-0.3, -0.25) is 9.69 Å². The summed E-state index contributed by atoms with van der Waals surface area (Å²) in [5, 5.41) is 10.6. The third-order valence-corrected chi connectivity index (χ3v) is 4.59. The number of carbonyl (C=O) groups is 1. The first-order valence-electron chi connectivity index (χ1n) is 6.89. The van der Waals surface area contributed by atoms with Crippen LogP contribution in [0.15, 0.2) is 30.5 Å². The molecule has 0 saturated carbocycles. The summed E-state index contributed by atoms with van der Waals surface area (Å²) in [6, 6.07) is 6.51. The molecule has 4 rings (SSSR count). The van der Waals surface area contributed by atoms with Crippen LogP contribution >= 0.6 is 0 Å². The molecule has 0 spiro atoms. The van der Waals surface area contributed by atoms with Gasteiger partial charge in [-0.2, -0.15) is 0 Å². The molecular formula is C16H18N2O3. The van der Waals surface area contributed by atoms with E-state index in [-0.39, 0.29) is 5.48 Å². The summed E-state index contributed by atoms with van der Waals surface area (Å²) in [5.74, 6) is -1.16. The minimum Gasteiger partial charge on any atom is -0.481 e. The second kappa shape index (κ2) is 4.72. The van der Waals surface area contributed by atoms with Crippen LogP contribution in [-0.2, 0) is 11.2 Å². The average Bonchev–Trinajstić information content (AvgIpc) is 2.84. The van der Waals surface area contributed by atoms with E-state index in [0.29, 0.717) is 12.6 Å². The summed E-state index contributed by atoms with van der Waals surface area (Å²) in [6.07, 6.45) is 4.99. The summed E-state index contributed by atoms with van der Waals surface area (Å²) in [4.78, 5) is 16.8. The quantitative estimate of drug-likeness (QED) is 0.828. The number of nitrogens with one attached hydrogen (secondary N) is 1. The van der Waals surface area contributed by atoms with Crippen molar-refractivity contribution >= 4 is 22.4 Å². The topological polar surface area (TPSA) is 87.8 Å². The van der Waals surface area contributed by atoms with Crippen LogP contribution in [-0.4, -0.2) is 46.1 Å². The predicted molar refractivity (Wildman–Crippen MR) is 81.1 cm³/mol. The number of benzene rings is 1. The maximum atomic E-state index is 11.3.